The third-order valence-electron chi connectivity index (χ3n) is 5.09. The van der Waals surface area contributed by atoms with Gasteiger partial charge in [0.25, 0.3) is 0 Å². The second kappa shape index (κ2) is 9.32. The van der Waals surface area contributed by atoms with E-state index in [1.807, 2.05) is 6.07 Å². The van der Waals surface area contributed by atoms with E-state index in [9.17, 15) is 18.8 Å². The van der Waals surface area contributed by atoms with Crippen molar-refractivity contribution in [3.05, 3.63) is 71.0 Å². The Morgan fingerprint density at radius 3 is 2.59 bits per heavy atom. The van der Waals surface area contributed by atoms with E-state index in [-0.39, 0.29) is 30.0 Å². The van der Waals surface area contributed by atoms with Crippen LogP contribution in [0.2, 0.25) is 0 Å². The number of hydrogen-bond acceptors (Lipinski definition) is 3. The number of amides is 3. The Hall–Kier alpha value is -3.22. The maximum Gasteiger partial charge on any atom is 0.248 e. The molecule has 1 fully saturated rings. The fraction of sp³-hybridized carbons (Fsp3) is 0.318. The van der Waals surface area contributed by atoms with E-state index >= 15 is 0 Å². The first-order valence-corrected chi connectivity index (χ1v) is 9.61. The number of carbonyl (C=O) groups is 3. The largest absolute Gasteiger partial charge is 0.366 e. The van der Waals surface area contributed by atoms with Gasteiger partial charge in [0, 0.05) is 25.2 Å². The Morgan fingerprint density at radius 2 is 1.86 bits per heavy atom. The lowest BCUT2D eigenvalue weighted by atomic mass is 9.96. The number of hydrogen-bond donors (Lipinski definition) is 2. The molecular formula is C22H24FN3O3. The van der Waals surface area contributed by atoms with Gasteiger partial charge in [-0.15, -0.1) is 0 Å². The Balaban J connectivity index is 1.53. The van der Waals surface area contributed by atoms with Crippen molar-refractivity contribution in [3.8, 4) is 0 Å². The summed E-state index contributed by atoms with van der Waals surface area (Å²) in [5.41, 5.74) is 7.21. The zero-order chi connectivity index (χ0) is 20.8. The number of benzene rings is 2. The standard InChI is InChI=1S/C22H24FN3O3/c23-19-8-6-15(7-9-19)12-20(27)26-10-2-5-18(14-26)22(29)25-13-16-3-1-4-17(11-16)21(24)28/h1,3-4,6-9,11,18H,2,5,10,12-14H2,(H2,24,28)(H,25,29). The molecule has 3 amide bonds. The maximum absolute atomic E-state index is 13.0. The predicted molar refractivity (Wildman–Crippen MR) is 106 cm³/mol. The van der Waals surface area contributed by atoms with Crippen molar-refractivity contribution in [2.75, 3.05) is 13.1 Å². The fourth-order valence-corrected chi connectivity index (χ4v) is 3.47. The van der Waals surface area contributed by atoms with Crippen LogP contribution in [-0.2, 0) is 22.6 Å². The first-order valence-electron chi connectivity index (χ1n) is 9.61. The van der Waals surface area contributed by atoms with Crippen molar-refractivity contribution in [3.63, 3.8) is 0 Å². The lowest BCUT2D eigenvalue weighted by Gasteiger charge is -2.32. The molecule has 2 aromatic carbocycles. The van der Waals surface area contributed by atoms with Crippen molar-refractivity contribution in [2.45, 2.75) is 25.8 Å². The average molecular weight is 397 g/mol. The van der Waals surface area contributed by atoms with Gasteiger partial charge in [0.1, 0.15) is 5.82 Å². The average Bonchev–Trinajstić information content (AvgIpc) is 2.74. The maximum atomic E-state index is 13.0. The molecule has 0 radical (unpaired) electrons. The van der Waals surface area contributed by atoms with E-state index in [1.54, 1.807) is 35.2 Å². The second-order valence-corrected chi connectivity index (χ2v) is 7.26. The minimum Gasteiger partial charge on any atom is -0.366 e. The number of likely N-dealkylation sites (tertiary alicyclic amines) is 1. The van der Waals surface area contributed by atoms with Gasteiger partial charge >= 0.3 is 0 Å². The molecule has 0 bridgehead atoms. The number of primary amides is 1. The van der Waals surface area contributed by atoms with Gasteiger partial charge in [-0.3, -0.25) is 14.4 Å². The summed E-state index contributed by atoms with van der Waals surface area (Å²) in [5, 5.41) is 2.88. The highest BCUT2D eigenvalue weighted by Gasteiger charge is 2.28. The second-order valence-electron chi connectivity index (χ2n) is 7.26. The van der Waals surface area contributed by atoms with E-state index in [4.69, 9.17) is 5.73 Å². The van der Waals surface area contributed by atoms with Gasteiger partial charge < -0.3 is 16.0 Å². The van der Waals surface area contributed by atoms with Gasteiger partial charge in [-0.1, -0.05) is 24.3 Å². The van der Waals surface area contributed by atoms with Crippen molar-refractivity contribution >= 4 is 17.7 Å². The van der Waals surface area contributed by atoms with E-state index < -0.39 is 5.91 Å². The van der Waals surface area contributed by atoms with Crippen LogP contribution in [0, 0.1) is 11.7 Å². The molecule has 0 saturated carbocycles. The van der Waals surface area contributed by atoms with Crippen molar-refractivity contribution < 1.29 is 18.8 Å². The molecule has 1 atom stereocenters. The number of nitrogens with one attached hydrogen (secondary N) is 1. The monoisotopic (exact) mass is 397 g/mol. The highest BCUT2D eigenvalue weighted by molar-refractivity contribution is 5.92. The third-order valence-corrected chi connectivity index (χ3v) is 5.09. The van der Waals surface area contributed by atoms with Crippen LogP contribution in [0.4, 0.5) is 4.39 Å². The molecule has 7 heteroatoms. The van der Waals surface area contributed by atoms with Crippen LogP contribution in [0.5, 0.6) is 0 Å². The Morgan fingerprint density at radius 1 is 1.10 bits per heavy atom. The molecule has 3 N–H and O–H groups in total. The van der Waals surface area contributed by atoms with Crippen LogP contribution in [0.3, 0.4) is 0 Å². The third kappa shape index (κ3) is 5.63. The summed E-state index contributed by atoms with van der Waals surface area (Å²) in [6, 6.07) is 12.7. The van der Waals surface area contributed by atoms with Crippen LogP contribution < -0.4 is 11.1 Å². The van der Waals surface area contributed by atoms with E-state index in [0.29, 0.717) is 31.6 Å². The van der Waals surface area contributed by atoms with E-state index in [1.165, 1.54) is 12.1 Å². The van der Waals surface area contributed by atoms with E-state index in [0.717, 1.165) is 17.5 Å². The highest BCUT2D eigenvalue weighted by atomic mass is 19.1. The van der Waals surface area contributed by atoms with Gasteiger partial charge in [-0.25, -0.2) is 4.39 Å². The first kappa shape index (κ1) is 20.5. The molecule has 0 aliphatic carbocycles. The molecule has 1 unspecified atom stereocenters. The van der Waals surface area contributed by atoms with Gasteiger partial charge in [-0.2, -0.15) is 0 Å². The summed E-state index contributed by atoms with van der Waals surface area (Å²) in [6.45, 7) is 1.28. The van der Waals surface area contributed by atoms with Crippen molar-refractivity contribution in [1.82, 2.24) is 10.2 Å². The number of carbonyl (C=O) groups excluding carboxylic acids is 3. The summed E-state index contributed by atoms with van der Waals surface area (Å²) in [7, 11) is 0. The molecule has 3 rings (SSSR count). The smallest absolute Gasteiger partial charge is 0.248 e. The Bertz CT molecular complexity index is 898. The van der Waals surface area contributed by atoms with Crippen LogP contribution in [0.15, 0.2) is 48.5 Å². The summed E-state index contributed by atoms with van der Waals surface area (Å²) >= 11 is 0. The summed E-state index contributed by atoms with van der Waals surface area (Å²) in [6.07, 6.45) is 1.66. The van der Waals surface area contributed by atoms with Gasteiger partial charge in [-0.05, 0) is 48.2 Å². The van der Waals surface area contributed by atoms with Crippen LogP contribution in [0.25, 0.3) is 0 Å². The molecule has 1 saturated heterocycles. The van der Waals surface area contributed by atoms with Crippen LogP contribution in [0.1, 0.15) is 34.3 Å². The number of halogens is 1. The summed E-state index contributed by atoms with van der Waals surface area (Å²) in [4.78, 5) is 38.1. The highest BCUT2D eigenvalue weighted by Crippen LogP contribution is 2.18. The lowest BCUT2D eigenvalue weighted by Crippen LogP contribution is -2.45. The number of rotatable bonds is 6. The zero-order valence-corrected chi connectivity index (χ0v) is 16.1. The molecule has 152 valence electrons. The minimum atomic E-state index is -0.513. The van der Waals surface area contributed by atoms with Crippen LogP contribution in [-0.4, -0.2) is 35.7 Å². The SMILES string of the molecule is NC(=O)c1cccc(CNC(=O)C2CCCN(C(=O)Cc3ccc(F)cc3)C2)c1. The molecule has 0 spiro atoms. The van der Waals surface area contributed by atoms with Crippen molar-refractivity contribution in [1.29, 1.82) is 0 Å². The topological polar surface area (TPSA) is 92.5 Å². The Kier molecular flexibility index (Phi) is 6.59. The Labute approximate surface area is 168 Å². The predicted octanol–water partition coefficient (Wildman–Crippen LogP) is 2.02. The van der Waals surface area contributed by atoms with Gasteiger partial charge in [0.05, 0.1) is 12.3 Å². The number of piperidine rings is 1. The normalized spacial score (nSPS) is 16.3. The quantitative estimate of drug-likeness (QED) is 0.781. The number of nitrogens with zero attached hydrogens (tertiary/aromatic N) is 1. The molecular weight excluding hydrogens is 373 g/mol. The molecule has 0 aromatic heterocycles. The molecule has 29 heavy (non-hydrogen) atoms. The number of nitrogens with two attached hydrogens (primary N) is 1. The molecule has 1 aliphatic heterocycles. The summed E-state index contributed by atoms with van der Waals surface area (Å²) < 4.78 is 13.0. The van der Waals surface area contributed by atoms with E-state index in [2.05, 4.69) is 5.32 Å². The fourth-order valence-electron chi connectivity index (χ4n) is 3.47. The zero-order valence-electron chi connectivity index (χ0n) is 16.1. The minimum absolute atomic E-state index is 0.0664. The molecule has 6 nitrogen and oxygen atoms in total. The first-order chi connectivity index (χ1) is 13.9. The lowest BCUT2D eigenvalue weighted by molar-refractivity contribution is -0.135. The molecule has 2 aromatic rings. The van der Waals surface area contributed by atoms with Gasteiger partial charge in [0.2, 0.25) is 17.7 Å². The molecule has 1 heterocycles. The molecule has 1 aliphatic rings. The summed E-state index contributed by atoms with van der Waals surface area (Å²) in [5.74, 6) is -1.31. The van der Waals surface area contributed by atoms with Crippen LogP contribution >= 0.6 is 0 Å². The van der Waals surface area contributed by atoms with Crippen molar-refractivity contribution in [2.24, 2.45) is 11.7 Å². The van der Waals surface area contributed by atoms with Gasteiger partial charge in [0.15, 0.2) is 0 Å².